The zero-order valence-electron chi connectivity index (χ0n) is 9.05. The second kappa shape index (κ2) is 5.50. The lowest BCUT2D eigenvalue weighted by Crippen LogP contribution is -2.15. The van der Waals surface area contributed by atoms with Gasteiger partial charge in [-0.05, 0) is 18.0 Å². The van der Waals surface area contributed by atoms with Crippen LogP contribution in [0.2, 0.25) is 0 Å². The molecule has 0 N–H and O–H groups in total. The summed E-state index contributed by atoms with van der Waals surface area (Å²) in [6.45, 7) is 11.6. The average Bonchev–Trinajstić information content (AvgIpc) is 1.82. The first-order valence-corrected chi connectivity index (χ1v) is 6.46. The maximum Gasteiger partial charge on any atom is 0.00559 e. The van der Waals surface area contributed by atoms with Crippen molar-refractivity contribution in [2.75, 3.05) is 6.16 Å². The lowest BCUT2D eigenvalue weighted by Gasteiger charge is -2.24. The van der Waals surface area contributed by atoms with Crippen molar-refractivity contribution in [1.82, 2.24) is 0 Å². The molecule has 0 saturated heterocycles. The van der Waals surface area contributed by atoms with Gasteiger partial charge >= 0.3 is 0 Å². The minimum atomic E-state index is 0.479. The molecule has 0 bridgehead atoms. The highest BCUT2D eigenvalue weighted by atomic mass is 32.2. The highest BCUT2D eigenvalue weighted by Gasteiger charge is 2.16. The standard InChI is InChI=1S/C10H23PS/c1-8(6-10(3,4)5)12-9(2)7-11/h8-9H,6-7,11H2,1-5H3. The lowest BCUT2D eigenvalue weighted by molar-refractivity contribution is 0.378. The predicted octanol–water partition coefficient (Wildman–Crippen LogP) is 3.81. The Morgan fingerprint density at radius 3 is 2.00 bits per heavy atom. The van der Waals surface area contributed by atoms with Crippen LogP contribution < -0.4 is 0 Å². The summed E-state index contributed by atoms with van der Waals surface area (Å²) < 4.78 is 0. The van der Waals surface area contributed by atoms with Gasteiger partial charge in [0.2, 0.25) is 0 Å². The van der Waals surface area contributed by atoms with Crippen molar-refractivity contribution in [2.45, 2.75) is 51.5 Å². The van der Waals surface area contributed by atoms with Gasteiger partial charge in [0.05, 0.1) is 0 Å². The first kappa shape index (κ1) is 12.8. The smallest absolute Gasteiger partial charge is 0.00559 e. The molecule has 0 aromatic rings. The van der Waals surface area contributed by atoms with E-state index in [1.54, 1.807) is 0 Å². The average molecular weight is 206 g/mol. The SMILES string of the molecule is CC(CP)SC(C)CC(C)(C)C. The summed E-state index contributed by atoms with van der Waals surface area (Å²) >= 11 is 2.11. The Labute approximate surface area is 84.5 Å². The molecular weight excluding hydrogens is 183 g/mol. The summed E-state index contributed by atoms with van der Waals surface area (Å²) in [6, 6.07) is 0. The maximum absolute atomic E-state index is 2.82. The summed E-state index contributed by atoms with van der Waals surface area (Å²) in [5, 5.41) is 1.58. The van der Waals surface area contributed by atoms with Crippen LogP contribution in [0.4, 0.5) is 0 Å². The summed E-state index contributed by atoms with van der Waals surface area (Å²) in [5.74, 6) is 0. The number of hydrogen-bond donors (Lipinski definition) is 0. The Bertz CT molecular complexity index is 117. The Morgan fingerprint density at radius 2 is 1.67 bits per heavy atom. The fourth-order valence-electron chi connectivity index (χ4n) is 1.36. The maximum atomic E-state index is 2.82. The van der Waals surface area contributed by atoms with Crippen LogP contribution in [0.15, 0.2) is 0 Å². The van der Waals surface area contributed by atoms with Crippen molar-refractivity contribution in [3.8, 4) is 0 Å². The van der Waals surface area contributed by atoms with E-state index in [1.165, 1.54) is 12.6 Å². The highest BCUT2D eigenvalue weighted by molar-refractivity contribution is 8.00. The van der Waals surface area contributed by atoms with E-state index >= 15 is 0 Å². The molecule has 0 radical (unpaired) electrons. The van der Waals surface area contributed by atoms with Gasteiger partial charge in [-0.2, -0.15) is 11.8 Å². The molecule has 0 rings (SSSR count). The van der Waals surface area contributed by atoms with Crippen LogP contribution in [0, 0.1) is 5.41 Å². The van der Waals surface area contributed by atoms with Gasteiger partial charge in [-0.15, -0.1) is 9.24 Å². The fourth-order valence-corrected chi connectivity index (χ4v) is 3.20. The zero-order valence-corrected chi connectivity index (χ0v) is 11.0. The molecule has 74 valence electrons. The van der Waals surface area contributed by atoms with Gasteiger partial charge in [-0.25, -0.2) is 0 Å². The molecule has 12 heavy (non-hydrogen) atoms. The minimum absolute atomic E-state index is 0.479. The van der Waals surface area contributed by atoms with Crippen molar-refractivity contribution < 1.29 is 0 Å². The molecule has 0 spiro atoms. The molecule has 3 unspecified atom stereocenters. The van der Waals surface area contributed by atoms with Crippen LogP contribution in [-0.4, -0.2) is 16.7 Å². The molecule has 0 aliphatic rings. The molecule has 3 atom stereocenters. The van der Waals surface area contributed by atoms with E-state index in [4.69, 9.17) is 0 Å². The molecule has 0 aromatic carbocycles. The van der Waals surface area contributed by atoms with E-state index in [1.807, 2.05) is 0 Å². The molecule has 0 saturated carbocycles. The van der Waals surface area contributed by atoms with Gasteiger partial charge in [-0.3, -0.25) is 0 Å². The Hall–Kier alpha value is 0.780. The van der Waals surface area contributed by atoms with E-state index < -0.39 is 0 Å². The van der Waals surface area contributed by atoms with Gasteiger partial charge in [0.25, 0.3) is 0 Å². The first-order valence-electron chi connectivity index (χ1n) is 4.70. The van der Waals surface area contributed by atoms with Crippen molar-refractivity contribution >= 4 is 21.0 Å². The predicted molar refractivity (Wildman–Crippen MR) is 65.2 cm³/mol. The molecule has 2 heteroatoms. The van der Waals surface area contributed by atoms with Crippen LogP contribution >= 0.6 is 21.0 Å². The minimum Gasteiger partial charge on any atom is -0.155 e. The molecule has 0 aliphatic heterocycles. The van der Waals surface area contributed by atoms with Crippen LogP contribution in [0.5, 0.6) is 0 Å². The summed E-state index contributed by atoms with van der Waals surface area (Å²) in [6.07, 6.45) is 2.52. The normalized spacial score (nSPS) is 17.5. The Balaban J connectivity index is 3.66. The number of thioether (sulfide) groups is 1. The van der Waals surface area contributed by atoms with Gasteiger partial charge in [-0.1, -0.05) is 34.6 Å². The van der Waals surface area contributed by atoms with Crippen molar-refractivity contribution in [3.05, 3.63) is 0 Å². The third kappa shape index (κ3) is 7.43. The Kier molecular flexibility index (Phi) is 5.85. The second-order valence-electron chi connectivity index (χ2n) is 4.76. The van der Waals surface area contributed by atoms with Crippen molar-refractivity contribution in [2.24, 2.45) is 5.41 Å². The van der Waals surface area contributed by atoms with Gasteiger partial charge < -0.3 is 0 Å². The van der Waals surface area contributed by atoms with E-state index in [0.717, 1.165) is 10.5 Å². The zero-order chi connectivity index (χ0) is 9.78. The quantitative estimate of drug-likeness (QED) is 0.630. The van der Waals surface area contributed by atoms with Crippen LogP contribution in [0.3, 0.4) is 0 Å². The Morgan fingerprint density at radius 1 is 1.17 bits per heavy atom. The van der Waals surface area contributed by atoms with E-state index in [9.17, 15) is 0 Å². The number of hydrogen-bond acceptors (Lipinski definition) is 1. The molecule has 0 heterocycles. The van der Waals surface area contributed by atoms with Crippen LogP contribution in [0.1, 0.15) is 41.0 Å². The molecule has 0 aliphatic carbocycles. The van der Waals surface area contributed by atoms with Crippen LogP contribution in [-0.2, 0) is 0 Å². The third-order valence-electron chi connectivity index (χ3n) is 1.70. The van der Waals surface area contributed by atoms with Gasteiger partial charge in [0.1, 0.15) is 0 Å². The summed E-state index contributed by atoms with van der Waals surface area (Å²) in [4.78, 5) is 0. The largest absolute Gasteiger partial charge is 0.155 e. The van der Waals surface area contributed by atoms with E-state index in [2.05, 4.69) is 55.6 Å². The van der Waals surface area contributed by atoms with Gasteiger partial charge in [0.15, 0.2) is 0 Å². The molecule has 0 fully saturated rings. The first-order chi connectivity index (χ1) is 5.35. The monoisotopic (exact) mass is 206 g/mol. The molecule has 0 aromatic heterocycles. The molecule has 0 nitrogen and oxygen atoms in total. The topological polar surface area (TPSA) is 0 Å². The van der Waals surface area contributed by atoms with Gasteiger partial charge in [0, 0.05) is 10.5 Å². The van der Waals surface area contributed by atoms with E-state index in [0.29, 0.717) is 5.41 Å². The van der Waals surface area contributed by atoms with E-state index in [-0.39, 0.29) is 0 Å². The third-order valence-corrected chi connectivity index (χ3v) is 4.03. The van der Waals surface area contributed by atoms with Crippen molar-refractivity contribution in [3.63, 3.8) is 0 Å². The summed E-state index contributed by atoms with van der Waals surface area (Å²) in [7, 11) is 2.82. The van der Waals surface area contributed by atoms with Crippen LogP contribution in [0.25, 0.3) is 0 Å². The summed E-state index contributed by atoms with van der Waals surface area (Å²) in [5.41, 5.74) is 0.479. The molecule has 0 amide bonds. The van der Waals surface area contributed by atoms with Crippen molar-refractivity contribution in [1.29, 1.82) is 0 Å². The fraction of sp³-hybridized carbons (Fsp3) is 1.00. The lowest BCUT2D eigenvalue weighted by atomic mass is 9.91. The number of rotatable bonds is 4. The molecular formula is C10H23PS. The second-order valence-corrected chi connectivity index (χ2v) is 7.11. The highest BCUT2D eigenvalue weighted by Crippen LogP contribution is 2.29.